The monoisotopic (exact) mass is 212 g/mol. The van der Waals surface area contributed by atoms with Gasteiger partial charge in [-0.05, 0) is 16.5 Å². The number of hydrogen-bond donors (Lipinski definition) is 1. The van der Waals surface area contributed by atoms with Crippen molar-refractivity contribution in [2.75, 3.05) is 0 Å². The molecule has 0 aliphatic rings. The number of hydrogen-bond acceptors (Lipinski definition) is 1. The molecular formula is C11H16O2S. The summed E-state index contributed by atoms with van der Waals surface area (Å²) in [7, 11) is 0. The summed E-state index contributed by atoms with van der Waals surface area (Å²) in [5, 5.41) is 0. The fraction of sp³-hybridized carbons (Fsp3) is 0.455. The van der Waals surface area contributed by atoms with E-state index in [0.717, 1.165) is 5.56 Å². The van der Waals surface area contributed by atoms with Crippen molar-refractivity contribution >= 4 is 11.1 Å². The molecule has 0 aliphatic carbocycles. The minimum absolute atomic E-state index is 0.0902. The fourth-order valence-corrected chi connectivity index (χ4v) is 1.73. The summed E-state index contributed by atoms with van der Waals surface area (Å²) in [5.74, 6) is 0.212. The second-order valence-electron chi connectivity index (χ2n) is 4.42. The predicted molar refractivity (Wildman–Crippen MR) is 59.6 cm³/mol. The molecule has 0 bridgehead atoms. The Morgan fingerprint density at radius 1 is 1.36 bits per heavy atom. The van der Waals surface area contributed by atoms with Crippen LogP contribution in [0, 0.1) is 0 Å². The van der Waals surface area contributed by atoms with Crippen molar-refractivity contribution in [3.8, 4) is 0 Å². The van der Waals surface area contributed by atoms with Crippen LogP contribution >= 0.6 is 0 Å². The first-order valence-corrected chi connectivity index (χ1v) is 5.84. The Kier molecular flexibility index (Phi) is 3.45. The summed E-state index contributed by atoms with van der Waals surface area (Å²) in [6, 6.07) is 7.85. The molecule has 1 atom stereocenters. The molecular weight excluding hydrogens is 196 g/mol. The first-order valence-electron chi connectivity index (χ1n) is 4.56. The summed E-state index contributed by atoms with van der Waals surface area (Å²) in [6.45, 7) is 6.38. The maximum atomic E-state index is 10.6. The van der Waals surface area contributed by atoms with Gasteiger partial charge in [0.2, 0.25) is 0 Å². The summed E-state index contributed by atoms with van der Waals surface area (Å²) >= 11 is -1.75. The minimum Gasteiger partial charge on any atom is -0.306 e. The second kappa shape index (κ2) is 4.24. The molecule has 0 saturated carbocycles. The van der Waals surface area contributed by atoms with Gasteiger partial charge in [-0.2, -0.15) is 0 Å². The van der Waals surface area contributed by atoms with Crippen molar-refractivity contribution in [3.05, 3.63) is 35.4 Å². The maximum Gasteiger partial charge on any atom is 0.157 e. The van der Waals surface area contributed by atoms with Crippen molar-refractivity contribution in [3.63, 3.8) is 0 Å². The zero-order chi connectivity index (χ0) is 10.8. The Labute approximate surface area is 87.6 Å². The lowest BCUT2D eigenvalue weighted by atomic mass is 9.86. The molecule has 1 aromatic carbocycles. The molecule has 0 fully saturated rings. The topological polar surface area (TPSA) is 37.3 Å². The van der Waals surface area contributed by atoms with Gasteiger partial charge in [0, 0.05) is 0 Å². The zero-order valence-electron chi connectivity index (χ0n) is 8.78. The van der Waals surface area contributed by atoms with Crippen LogP contribution in [0.4, 0.5) is 0 Å². The van der Waals surface area contributed by atoms with E-state index in [2.05, 4.69) is 20.8 Å². The smallest absolute Gasteiger partial charge is 0.157 e. The van der Waals surface area contributed by atoms with Gasteiger partial charge in [-0.25, -0.2) is 4.21 Å². The first kappa shape index (κ1) is 11.4. The van der Waals surface area contributed by atoms with Crippen LogP contribution in [0.2, 0.25) is 0 Å². The molecule has 3 heteroatoms. The van der Waals surface area contributed by atoms with E-state index in [0.29, 0.717) is 0 Å². The van der Waals surface area contributed by atoms with E-state index < -0.39 is 11.1 Å². The van der Waals surface area contributed by atoms with E-state index in [9.17, 15) is 4.21 Å². The Hall–Kier alpha value is -0.670. The molecule has 1 unspecified atom stereocenters. The molecule has 0 aromatic heterocycles. The average molecular weight is 212 g/mol. The summed E-state index contributed by atoms with van der Waals surface area (Å²) in [4.78, 5) is 0. The molecule has 0 saturated heterocycles. The van der Waals surface area contributed by atoms with Crippen molar-refractivity contribution in [1.29, 1.82) is 0 Å². The van der Waals surface area contributed by atoms with Crippen molar-refractivity contribution in [2.24, 2.45) is 0 Å². The molecule has 0 spiro atoms. The van der Waals surface area contributed by atoms with Crippen LogP contribution in [0.3, 0.4) is 0 Å². The van der Waals surface area contributed by atoms with Crippen molar-refractivity contribution in [1.82, 2.24) is 0 Å². The van der Waals surface area contributed by atoms with E-state index in [1.807, 2.05) is 24.3 Å². The molecule has 1 N–H and O–H groups in total. The third kappa shape index (κ3) is 3.24. The number of benzene rings is 1. The number of rotatable bonds is 2. The van der Waals surface area contributed by atoms with Gasteiger partial charge in [0.05, 0.1) is 5.75 Å². The van der Waals surface area contributed by atoms with E-state index in [1.165, 1.54) is 5.56 Å². The molecule has 2 nitrogen and oxygen atoms in total. The highest BCUT2D eigenvalue weighted by atomic mass is 32.2. The van der Waals surface area contributed by atoms with Crippen LogP contribution in [0.25, 0.3) is 0 Å². The van der Waals surface area contributed by atoms with Gasteiger partial charge in [0.1, 0.15) is 0 Å². The summed E-state index contributed by atoms with van der Waals surface area (Å²) in [6.07, 6.45) is 0. The van der Waals surface area contributed by atoms with Crippen molar-refractivity contribution < 1.29 is 8.76 Å². The third-order valence-corrected chi connectivity index (χ3v) is 2.66. The third-order valence-electron chi connectivity index (χ3n) is 2.08. The molecule has 0 amide bonds. The van der Waals surface area contributed by atoms with Gasteiger partial charge >= 0.3 is 0 Å². The molecule has 14 heavy (non-hydrogen) atoms. The Bertz CT molecular complexity index is 339. The van der Waals surface area contributed by atoms with Gasteiger partial charge in [-0.3, -0.25) is 0 Å². The Balaban J connectivity index is 2.95. The first-order chi connectivity index (χ1) is 6.39. The van der Waals surface area contributed by atoms with E-state index in [4.69, 9.17) is 4.55 Å². The van der Waals surface area contributed by atoms with E-state index >= 15 is 0 Å². The highest BCUT2D eigenvalue weighted by Crippen LogP contribution is 2.23. The molecule has 0 aliphatic heterocycles. The zero-order valence-corrected chi connectivity index (χ0v) is 9.60. The molecule has 0 heterocycles. The normalized spacial score (nSPS) is 14.0. The van der Waals surface area contributed by atoms with Crippen molar-refractivity contribution in [2.45, 2.75) is 31.9 Å². The van der Waals surface area contributed by atoms with Crippen LogP contribution in [-0.2, 0) is 22.2 Å². The van der Waals surface area contributed by atoms with Gasteiger partial charge in [-0.15, -0.1) is 0 Å². The van der Waals surface area contributed by atoms with Crippen LogP contribution in [0.5, 0.6) is 0 Å². The lowest BCUT2D eigenvalue weighted by Gasteiger charge is -2.19. The highest BCUT2D eigenvalue weighted by Gasteiger charge is 2.13. The van der Waals surface area contributed by atoms with E-state index in [-0.39, 0.29) is 11.2 Å². The Morgan fingerprint density at radius 3 is 2.50 bits per heavy atom. The fourth-order valence-electron chi connectivity index (χ4n) is 1.27. The maximum absolute atomic E-state index is 10.6. The average Bonchev–Trinajstić information content (AvgIpc) is 2.01. The summed E-state index contributed by atoms with van der Waals surface area (Å²) < 4.78 is 19.4. The molecule has 1 rings (SSSR count). The lowest BCUT2D eigenvalue weighted by Crippen LogP contribution is -2.11. The molecule has 0 radical (unpaired) electrons. The highest BCUT2D eigenvalue weighted by molar-refractivity contribution is 7.78. The summed E-state index contributed by atoms with van der Waals surface area (Å²) in [5.41, 5.74) is 2.20. The van der Waals surface area contributed by atoms with Gasteiger partial charge in [-0.1, -0.05) is 45.0 Å². The van der Waals surface area contributed by atoms with E-state index in [1.54, 1.807) is 0 Å². The predicted octanol–water partition coefficient (Wildman–Crippen LogP) is 2.71. The quantitative estimate of drug-likeness (QED) is 0.765. The van der Waals surface area contributed by atoms with Crippen LogP contribution in [0.1, 0.15) is 31.9 Å². The molecule has 78 valence electrons. The van der Waals surface area contributed by atoms with Crippen LogP contribution in [-0.4, -0.2) is 8.76 Å². The van der Waals surface area contributed by atoms with Gasteiger partial charge < -0.3 is 4.55 Å². The Morgan fingerprint density at radius 2 is 2.00 bits per heavy atom. The van der Waals surface area contributed by atoms with Crippen LogP contribution in [0.15, 0.2) is 24.3 Å². The van der Waals surface area contributed by atoms with Gasteiger partial charge in [0.25, 0.3) is 0 Å². The second-order valence-corrected chi connectivity index (χ2v) is 5.35. The largest absolute Gasteiger partial charge is 0.306 e. The molecule has 1 aromatic rings. The van der Waals surface area contributed by atoms with Gasteiger partial charge in [0.15, 0.2) is 11.1 Å². The minimum atomic E-state index is -1.75. The standard InChI is InChI=1S/C11H16O2S/c1-11(2,3)10-6-4-5-9(7-10)8-14(12)13/h4-7H,8H2,1-3H3,(H,12,13). The lowest BCUT2D eigenvalue weighted by molar-refractivity contribution is 0.562. The SMILES string of the molecule is CC(C)(C)c1cccc(CS(=O)O)c1. The van der Waals surface area contributed by atoms with Crippen LogP contribution < -0.4 is 0 Å².